The molecule has 0 atom stereocenters. The van der Waals surface area contributed by atoms with E-state index < -0.39 is 5.97 Å². The molecular weight excluding hydrogens is 196 g/mol. The summed E-state index contributed by atoms with van der Waals surface area (Å²) >= 11 is 0. The maximum Gasteiger partial charge on any atom is 0.373 e. The van der Waals surface area contributed by atoms with Crippen LogP contribution in [0, 0.1) is 0 Å². The second-order valence-corrected chi connectivity index (χ2v) is 2.82. The summed E-state index contributed by atoms with van der Waals surface area (Å²) in [6.07, 6.45) is 2.08. The van der Waals surface area contributed by atoms with Gasteiger partial charge in [-0.05, 0) is 18.4 Å². The van der Waals surface area contributed by atoms with Crippen LogP contribution in [-0.2, 0) is 20.8 Å². The quantitative estimate of drug-likeness (QED) is 0.814. The van der Waals surface area contributed by atoms with Crippen LogP contribution in [-0.4, -0.2) is 17.2 Å². The van der Waals surface area contributed by atoms with Crippen LogP contribution in [0.1, 0.15) is 18.4 Å². The minimum atomic E-state index is -0.717. The van der Waals surface area contributed by atoms with Gasteiger partial charge in [-0.3, -0.25) is 4.79 Å². The van der Waals surface area contributed by atoms with Gasteiger partial charge in [0.2, 0.25) is 0 Å². The third-order valence-corrected chi connectivity index (χ3v) is 1.70. The van der Waals surface area contributed by atoms with Crippen molar-refractivity contribution in [2.24, 2.45) is 0 Å². The lowest BCUT2D eigenvalue weighted by Gasteiger charge is -1.97. The van der Waals surface area contributed by atoms with E-state index in [1.807, 2.05) is 30.3 Å². The number of aryl methyl sites for hydroxylation is 1. The van der Waals surface area contributed by atoms with Gasteiger partial charge in [-0.2, -0.15) is 9.59 Å². The maximum absolute atomic E-state index is 10.2. The first-order valence-electron chi connectivity index (χ1n) is 4.45. The van der Waals surface area contributed by atoms with Gasteiger partial charge in [-0.15, -0.1) is 0 Å². The van der Waals surface area contributed by atoms with Gasteiger partial charge in [-0.1, -0.05) is 30.3 Å². The van der Waals surface area contributed by atoms with Crippen molar-refractivity contribution < 1.29 is 19.5 Å². The molecule has 0 unspecified atom stereocenters. The van der Waals surface area contributed by atoms with Gasteiger partial charge in [-0.25, -0.2) is 0 Å². The monoisotopic (exact) mass is 208 g/mol. The lowest BCUT2D eigenvalue weighted by Crippen LogP contribution is -1.95. The van der Waals surface area contributed by atoms with Crippen LogP contribution in [0.25, 0.3) is 0 Å². The zero-order valence-corrected chi connectivity index (χ0v) is 8.18. The molecule has 0 aliphatic rings. The number of carboxylic acid groups (broad SMARTS) is 1. The van der Waals surface area contributed by atoms with E-state index in [1.165, 1.54) is 5.56 Å². The molecule has 15 heavy (non-hydrogen) atoms. The Balaban J connectivity index is 0.000000583. The predicted molar refractivity (Wildman–Crippen MR) is 52.0 cm³/mol. The highest BCUT2D eigenvalue weighted by Gasteiger charge is 1.96. The van der Waals surface area contributed by atoms with E-state index in [9.17, 15) is 4.79 Å². The number of carbonyl (C=O) groups excluding carboxylic acids is 2. The number of benzene rings is 1. The second kappa shape index (κ2) is 8.66. The van der Waals surface area contributed by atoms with Gasteiger partial charge < -0.3 is 5.11 Å². The van der Waals surface area contributed by atoms with E-state index in [1.54, 1.807) is 0 Å². The molecule has 0 aromatic heterocycles. The Morgan fingerprint density at radius 3 is 2.20 bits per heavy atom. The van der Waals surface area contributed by atoms with Crippen molar-refractivity contribution in [3.8, 4) is 0 Å². The molecule has 0 saturated carbocycles. The fourth-order valence-electron chi connectivity index (χ4n) is 1.09. The normalized spacial score (nSPS) is 8.27. The molecule has 0 aliphatic heterocycles. The number of rotatable bonds is 4. The molecule has 0 saturated heterocycles. The van der Waals surface area contributed by atoms with E-state index in [0.29, 0.717) is 0 Å². The molecule has 0 fully saturated rings. The Bertz CT molecular complexity index is 313. The average Bonchev–Trinajstić information content (AvgIpc) is 2.20. The van der Waals surface area contributed by atoms with Crippen LogP contribution in [0.4, 0.5) is 0 Å². The second-order valence-electron chi connectivity index (χ2n) is 2.82. The lowest BCUT2D eigenvalue weighted by atomic mass is 10.1. The smallest absolute Gasteiger partial charge is 0.373 e. The summed E-state index contributed by atoms with van der Waals surface area (Å²) < 4.78 is 0. The van der Waals surface area contributed by atoms with Crippen LogP contribution < -0.4 is 0 Å². The van der Waals surface area contributed by atoms with Crippen molar-refractivity contribution in [1.82, 2.24) is 0 Å². The minimum absolute atomic E-state index is 0.250. The summed E-state index contributed by atoms with van der Waals surface area (Å²) in [7, 11) is 0. The molecule has 0 spiro atoms. The molecule has 4 nitrogen and oxygen atoms in total. The van der Waals surface area contributed by atoms with E-state index in [4.69, 9.17) is 14.7 Å². The summed E-state index contributed by atoms with van der Waals surface area (Å²) in [5.74, 6) is -0.717. The van der Waals surface area contributed by atoms with Crippen LogP contribution >= 0.6 is 0 Å². The topological polar surface area (TPSA) is 71.4 Å². The first kappa shape index (κ1) is 13.1. The Labute approximate surface area is 87.5 Å². The number of carbonyl (C=O) groups is 1. The van der Waals surface area contributed by atoms with Crippen LogP contribution in [0.15, 0.2) is 30.3 Å². The predicted octanol–water partition coefficient (Wildman–Crippen LogP) is 1.51. The van der Waals surface area contributed by atoms with Crippen LogP contribution in [0.2, 0.25) is 0 Å². The van der Waals surface area contributed by atoms with Gasteiger partial charge in [0.15, 0.2) is 0 Å². The number of carboxylic acids is 1. The van der Waals surface area contributed by atoms with Gasteiger partial charge >= 0.3 is 12.1 Å². The first-order chi connectivity index (χ1) is 7.20. The highest BCUT2D eigenvalue weighted by atomic mass is 16.4. The third kappa shape index (κ3) is 8.40. The summed E-state index contributed by atoms with van der Waals surface area (Å²) in [4.78, 5) is 26.4. The molecule has 80 valence electrons. The third-order valence-electron chi connectivity index (χ3n) is 1.70. The molecule has 1 N–H and O–H groups in total. The van der Waals surface area contributed by atoms with Crippen molar-refractivity contribution in [2.45, 2.75) is 19.3 Å². The molecule has 1 aromatic rings. The van der Waals surface area contributed by atoms with Gasteiger partial charge in [0.25, 0.3) is 0 Å². The zero-order valence-electron chi connectivity index (χ0n) is 8.18. The van der Waals surface area contributed by atoms with Crippen molar-refractivity contribution in [1.29, 1.82) is 0 Å². The van der Waals surface area contributed by atoms with Gasteiger partial charge in [0.1, 0.15) is 0 Å². The maximum atomic E-state index is 10.2. The zero-order chi connectivity index (χ0) is 11.5. The molecule has 0 heterocycles. The van der Waals surface area contributed by atoms with E-state index >= 15 is 0 Å². The van der Waals surface area contributed by atoms with Crippen LogP contribution in [0.3, 0.4) is 0 Å². The number of aliphatic carboxylic acids is 1. The van der Waals surface area contributed by atoms with Crippen molar-refractivity contribution in [3.63, 3.8) is 0 Å². The van der Waals surface area contributed by atoms with Gasteiger partial charge in [0, 0.05) is 6.42 Å². The Kier molecular flexibility index (Phi) is 7.54. The highest BCUT2D eigenvalue weighted by molar-refractivity contribution is 5.66. The molecule has 1 rings (SSSR count). The van der Waals surface area contributed by atoms with Gasteiger partial charge in [0.05, 0.1) is 0 Å². The number of hydrogen-bond acceptors (Lipinski definition) is 3. The van der Waals surface area contributed by atoms with E-state index in [-0.39, 0.29) is 12.6 Å². The summed E-state index contributed by atoms with van der Waals surface area (Å²) in [6, 6.07) is 9.93. The van der Waals surface area contributed by atoms with Crippen molar-refractivity contribution in [3.05, 3.63) is 35.9 Å². The SMILES string of the molecule is O=C(O)CCCc1ccccc1.O=C=O. The molecule has 1 aromatic carbocycles. The number of hydrogen-bond donors (Lipinski definition) is 1. The Morgan fingerprint density at radius 1 is 1.20 bits per heavy atom. The first-order valence-corrected chi connectivity index (χ1v) is 4.45. The highest BCUT2D eigenvalue weighted by Crippen LogP contribution is 2.03. The standard InChI is InChI=1S/C10H12O2.CO2/c11-10(12)8-4-7-9-5-2-1-3-6-9;2-1-3/h1-3,5-6H,4,7-8H2,(H,11,12);. The summed E-state index contributed by atoms with van der Waals surface area (Å²) in [5.41, 5.74) is 1.21. The fourth-order valence-corrected chi connectivity index (χ4v) is 1.09. The summed E-state index contributed by atoms with van der Waals surface area (Å²) in [5, 5.41) is 8.39. The molecular formula is C11H12O4. The Morgan fingerprint density at radius 2 is 1.73 bits per heavy atom. The molecule has 0 amide bonds. The molecule has 0 bridgehead atoms. The molecule has 0 aliphatic carbocycles. The molecule has 4 heteroatoms. The van der Waals surface area contributed by atoms with E-state index in [2.05, 4.69) is 0 Å². The average molecular weight is 208 g/mol. The largest absolute Gasteiger partial charge is 0.481 e. The van der Waals surface area contributed by atoms with Crippen LogP contribution in [0.5, 0.6) is 0 Å². The van der Waals surface area contributed by atoms with E-state index in [0.717, 1.165) is 12.8 Å². The van der Waals surface area contributed by atoms with Crippen molar-refractivity contribution in [2.75, 3.05) is 0 Å². The lowest BCUT2D eigenvalue weighted by molar-refractivity contribution is -0.191. The summed E-state index contributed by atoms with van der Waals surface area (Å²) in [6.45, 7) is 0. The molecule has 0 radical (unpaired) electrons. The fraction of sp³-hybridized carbons (Fsp3) is 0.273. The van der Waals surface area contributed by atoms with Crippen molar-refractivity contribution >= 4 is 12.1 Å². The Hall–Kier alpha value is -1.93. The minimum Gasteiger partial charge on any atom is -0.481 e.